The lowest BCUT2D eigenvalue weighted by Crippen LogP contribution is -2.49. The third kappa shape index (κ3) is 2.55. The van der Waals surface area contributed by atoms with E-state index in [9.17, 15) is 4.79 Å². The van der Waals surface area contributed by atoms with Gasteiger partial charge in [-0.1, -0.05) is 0 Å². The number of rotatable bonds is 2. The quantitative estimate of drug-likeness (QED) is 0.691. The van der Waals surface area contributed by atoms with Gasteiger partial charge in [-0.2, -0.15) is 0 Å². The molecular weight excluding hydrogens is 306 g/mol. The Balaban J connectivity index is 1.47. The normalized spacial score (nSPS) is 15.0. The van der Waals surface area contributed by atoms with Gasteiger partial charge < -0.3 is 14.4 Å². The van der Waals surface area contributed by atoms with Crippen molar-refractivity contribution in [2.45, 2.75) is 0 Å². The first-order valence-corrected chi connectivity index (χ1v) is 7.80. The van der Waals surface area contributed by atoms with E-state index >= 15 is 0 Å². The van der Waals surface area contributed by atoms with Gasteiger partial charge in [0.2, 0.25) is 0 Å². The van der Waals surface area contributed by atoms with Crippen molar-refractivity contribution in [2.24, 2.45) is 7.05 Å². The second-order valence-electron chi connectivity index (χ2n) is 5.77. The van der Waals surface area contributed by atoms with Crippen molar-refractivity contribution < 1.29 is 4.79 Å². The number of carbonyl (C=O) groups excluding carboxylic acids is 1. The van der Waals surface area contributed by atoms with Gasteiger partial charge in [-0.05, 0) is 6.07 Å². The fourth-order valence-corrected chi connectivity index (χ4v) is 2.91. The minimum absolute atomic E-state index is 0.00570. The van der Waals surface area contributed by atoms with Crippen LogP contribution in [0.4, 0.5) is 5.82 Å². The SMILES string of the molecule is Cn1cnc2cc(C(=O)N3CCN(c4cnccn4)CC3)cnc21. The molecule has 1 saturated heterocycles. The fraction of sp³-hybridized carbons (Fsp3) is 0.312. The Morgan fingerprint density at radius 2 is 1.88 bits per heavy atom. The van der Waals surface area contributed by atoms with Gasteiger partial charge in [-0.3, -0.25) is 9.78 Å². The highest BCUT2D eigenvalue weighted by Gasteiger charge is 2.23. The van der Waals surface area contributed by atoms with Crippen LogP contribution in [0.2, 0.25) is 0 Å². The Bertz CT molecular complexity index is 869. The maximum absolute atomic E-state index is 12.7. The number of anilines is 1. The maximum Gasteiger partial charge on any atom is 0.255 e. The van der Waals surface area contributed by atoms with E-state index in [-0.39, 0.29) is 5.91 Å². The number of aryl methyl sites for hydroxylation is 1. The summed E-state index contributed by atoms with van der Waals surface area (Å²) in [5.41, 5.74) is 2.09. The fourth-order valence-electron chi connectivity index (χ4n) is 2.91. The predicted octanol–water partition coefficient (Wildman–Crippen LogP) is 0.721. The van der Waals surface area contributed by atoms with Gasteiger partial charge in [0.15, 0.2) is 5.65 Å². The second kappa shape index (κ2) is 5.88. The summed E-state index contributed by atoms with van der Waals surface area (Å²) in [4.78, 5) is 33.7. The van der Waals surface area contributed by atoms with Crippen molar-refractivity contribution in [1.29, 1.82) is 0 Å². The molecule has 0 aliphatic carbocycles. The lowest BCUT2D eigenvalue weighted by atomic mass is 10.2. The average molecular weight is 323 g/mol. The van der Waals surface area contributed by atoms with Crippen LogP contribution in [0.15, 0.2) is 37.2 Å². The van der Waals surface area contributed by atoms with Crippen LogP contribution in [0, 0.1) is 0 Å². The number of hydrogen-bond donors (Lipinski definition) is 0. The van der Waals surface area contributed by atoms with Gasteiger partial charge in [0, 0.05) is 51.8 Å². The third-order valence-electron chi connectivity index (χ3n) is 4.24. The summed E-state index contributed by atoms with van der Waals surface area (Å²) < 4.78 is 1.84. The Labute approximate surface area is 138 Å². The highest BCUT2D eigenvalue weighted by molar-refractivity contribution is 5.96. The standard InChI is InChI=1S/C16H17N7O/c1-21-11-20-13-8-12(9-19-15(13)21)16(24)23-6-4-22(5-7-23)14-10-17-2-3-18-14/h2-3,8-11H,4-7H2,1H3. The van der Waals surface area contributed by atoms with E-state index in [1.165, 1.54) is 0 Å². The zero-order valence-electron chi connectivity index (χ0n) is 13.3. The number of amides is 1. The summed E-state index contributed by atoms with van der Waals surface area (Å²) in [6.45, 7) is 2.78. The molecule has 0 radical (unpaired) electrons. The molecule has 4 heterocycles. The molecule has 0 atom stereocenters. The summed E-state index contributed by atoms with van der Waals surface area (Å²) in [5.74, 6) is 0.843. The smallest absolute Gasteiger partial charge is 0.255 e. The van der Waals surface area contributed by atoms with Crippen molar-refractivity contribution in [1.82, 2.24) is 29.4 Å². The lowest BCUT2D eigenvalue weighted by molar-refractivity contribution is 0.0746. The molecule has 0 N–H and O–H groups in total. The highest BCUT2D eigenvalue weighted by Crippen LogP contribution is 2.16. The van der Waals surface area contributed by atoms with Crippen LogP contribution in [0.25, 0.3) is 11.2 Å². The Morgan fingerprint density at radius 1 is 1.04 bits per heavy atom. The molecule has 0 saturated carbocycles. The summed E-state index contributed by atoms with van der Waals surface area (Å²) >= 11 is 0. The van der Waals surface area contributed by atoms with E-state index in [1.54, 1.807) is 37.2 Å². The number of carbonyl (C=O) groups is 1. The van der Waals surface area contributed by atoms with Crippen LogP contribution in [0.5, 0.6) is 0 Å². The molecule has 4 rings (SSSR count). The number of pyridine rings is 1. The van der Waals surface area contributed by atoms with Crippen molar-refractivity contribution in [3.8, 4) is 0 Å². The van der Waals surface area contributed by atoms with E-state index in [2.05, 4.69) is 24.8 Å². The first-order valence-electron chi connectivity index (χ1n) is 7.80. The van der Waals surface area contributed by atoms with Crippen LogP contribution in [-0.4, -0.2) is 61.5 Å². The number of piperazine rings is 1. The Hall–Kier alpha value is -3.03. The molecule has 0 aromatic carbocycles. The van der Waals surface area contributed by atoms with E-state index in [0.717, 1.165) is 30.1 Å². The molecule has 1 amide bonds. The van der Waals surface area contributed by atoms with Gasteiger partial charge >= 0.3 is 0 Å². The zero-order chi connectivity index (χ0) is 16.5. The van der Waals surface area contributed by atoms with Gasteiger partial charge in [0.1, 0.15) is 11.3 Å². The van der Waals surface area contributed by atoms with Crippen LogP contribution in [0.3, 0.4) is 0 Å². The summed E-state index contributed by atoms with van der Waals surface area (Å²) in [6, 6.07) is 1.81. The van der Waals surface area contributed by atoms with Gasteiger partial charge in [-0.15, -0.1) is 0 Å². The van der Waals surface area contributed by atoms with Crippen LogP contribution >= 0.6 is 0 Å². The van der Waals surface area contributed by atoms with Crippen LogP contribution in [-0.2, 0) is 7.05 Å². The van der Waals surface area contributed by atoms with Gasteiger partial charge in [0.25, 0.3) is 5.91 Å². The molecule has 0 unspecified atom stereocenters. The predicted molar refractivity (Wildman–Crippen MR) is 88.7 cm³/mol. The van der Waals surface area contributed by atoms with Gasteiger partial charge in [-0.25, -0.2) is 15.0 Å². The average Bonchev–Trinajstić information content (AvgIpc) is 3.02. The lowest BCUT2D eigenvalue weighted by Gasteiger charge is -2.35. The molecule has 1 aliphatic rings. The minimum atomic E-state index is -0.00570. The largest absolute Gasteiger partial charge is 0.352 e. The van der Waals surface area contributed by atoms with Crippen molar-refractivity contribution in [2.75, 3.05) is 31.1 Å². The van der Waals surface area contributed by atoms with E-state index in [1.807, 2.05) is 16.5 Å². The molecular formula is C16H17N7O. The summed E-state index contributed by atoms with van der Waals surface area (Å²) in [6.07, 6.45) is 8.41. The second-order valence-corrected chi connectivity index (χ2v) is 5.77. The molecule has 3 aromatic rings. The molecule has 3 aromatic heterocycles. The van der Waals surface area contributed by atoms with E-state index in [4.69, 9.17) is 0 Å². The van der Waals surface area contributed by atoms with Crippen molar-refractivity contribution >= 4 is 22.9 Å². The van der Waals surface area contributed by atoms with Crippen LogP contribution in [0.1, 0.15) is 10.4 Å². The monoisotopic (exact) mass is 323 g/mol. The molecule has 1 fully saturated rings. The first kappa shape index (κ1) is 14.6. The molecule has 0 spiro atoms. The van der Waals surface area contributed by atoms with Crippen molar-refractivity contribution in [3.05, 3.63) is 42.7 Å². The Kier molecular flexibility index (Phi) is 3.56. The summed E-state index contributed by atoms with van der Waals surface area (Å²) in [7, 11) is 1.88. The van der Waals surface area contributed by atoms with E-state index < -0.39 is 0 Å². The highest BCUT2D eigenvalue weighted by atomic mass is 16.2. The number of imidazole rings is 1. The Morgan fingerprint density at radius 3 is 2.62 bits per heavy atom. The van der Waals surface area contributed by atoms with Crippen LogP contribution < -0.4 is 4.90 Å². The molecule has 1 aliphatic heterocycles. The van der Waals surface area contributed by atoms with Gasteiger partial charge in [0.05, 0.1) is 18.1 Å². The topological polar surface area (TPSA) is 80.0 Å². The first-order chi connectivity index (χ1) is 11.7. The third-order valence-corrected chi connectivity index (χ3v) is 4.24. The molecule has 122 valence electrons. The molecule has 0 bridgehead atoms. The van der Waals surface area contributed by atoms with E-state index in [0.29, 0.717) is 18.7 Å². The molecule has 24 heavy (non-hydrogen) atoms. The molecule has 8 heteroatoms. The number of fused-ring (bicyclic) bond motifs is 1. The minimum Gasteiger partial charge on any atom is -0.352 e. The number of aromatic nitrogens is 5. The van der Waals surface area contributed by atoms with Crippen molar-refractivity contribution in [3.63, 3.8) is 0 Å². The molecule has 8 nitrogen and oxygen atoms in total. The summed E-state index contributed by atoms with van der Waals surface area (Å²) in [5, 5.41) is 0. The number of hydrogen-bond acceptors (Lipinski definition) is 6. The maximum atomic E-state index is 12.7. The number of nitrogens with zero attached hydrogens (tertiary/aromatic N) is 7. The zero-order valence-corrected chi connectivity index (χ0v) is 13.3.